The van der Waals surface area contributed by atoms with Crippen molar-refractivity contribution in [1.29, 1.82) is 0 Å². The summed E-state index contributed by atoms with van der Waals surface area (Å²) in [7, 11) is 1.86. The van der Waals surface area contributed by atoms with E-state index in [4.69, 9.17) is 4.74 Å². The Balaban J connectivity index is 1.78. The van der Waals surface area contributed by atoms with E-state index in [1.165, 1.54) is 4.88 Å². The number of thiophene rings is 1. The molecular weight excluding hydrogens is 236 g/mol. The molecule has 0 N–H and O–H groups in total. The predicted octanol–water partition coefficient (Wildman–Crippen LogP) is 1.04. The molecule has 0 unspecified atom stereocenters. The summed E-state index contributed by atoms with van der Waals surface area (Å²) in [6.45, 7) is 4.41. The average molecular weight is 254 g/mol. The van der Waals surface area contributed by atoms with E-state index >= 15 is 0 Å². The van der Waals surface area contributed by atoms with Crippen LogP contribution in [0.4, 0.5) is 0 Å². The molecule has 0 spiro atoms. The van der Waals surface area contributed by atoms with Gasteiger partial charge in [-0.2, -0.15) is 0 Å². The van der Waals surface area contributed by atoms with E-state index in [1.54, 1.807) is 16.2 Å². The normalized spacial score (nSPS) is 17.0. The lowest BCUT2D eigenvalue weighted by atomic mass is 10.3. The summed E-state index contributed by atoms with van der Waals surface area (Å²) in [5.41, 5.74) is 0. The molecular formula is C12H18N2O2S. The molecule has 1 aromatic rings. The molecule has 2 rings (SSSR count). The van der Waals surface area contributed by atoms with Gasteiger partial charge in [-0.15, -0.1) is 11.3 Å². The Morgan fingerprint density at radius 3 is 2.94 bits per heavy atom. The number of carbonyl (C=O) groups is 1. The van der Waals surface area contributed by atoms with Gasteiger partial charge in [0.05, 0.1) is 26.3 Å². The van der Waals surface area contributed by atoms with Crippen LogP contribution < -0.4 is 0 Å². The smallest absolute Gasteiger partial charge is 0.236 e. The zero-order valence-corrected chi connectivity index (χ0v) is 10.9. The maximum absolute atomic E-state index is 12.0. The molecule has 5 heteroatoms. The van der Waals surface area contributed by atoms with Crippen LogP contribution >= 0.6 is 11.3 Å². The largest absolute Gasteiger partial charge is 0.379 e. The van der Waals surface area contributed by atoms with Crippen molar-refractivity contribution in [2.75, 3.05) is 39.9 Å². The lowest BCUT2D eigenvalue weighted by Gasteiger charge is -2.27. The number of nitrogens with zero attached hydrogens (tertiary/aromatic N) is 2. The van der Waals surface area contributed by atoms with Gasteiger partial charge in [0.15, 0.2) is 0 Å². The zero-order valence-electron chi connectivity index (χ0n) is 10.1. The van der Waals surface area contributed by atoms with Crippen molar-refractivity contribution in [1.82, 2.24) is 9.80 Å². The molecule has 4 nitrogen and oxygen atoms in total. The van der Waals surface area contributed by atoms with Crippen LogP contribution in [0.5, 0.6) is 0 Å². The Morgan fingerprint density at radius 2 is 2.29 bits per heavy atom. The first-order valence-electron chi connectivity index (χ1n) is 5.82. The minimum atomic E-state index is 0.181. The van der Waals surface area contributed by atoms with Crippen LogP contribution in [-0.4, -0.2) is 55.6 Å². The molecule has 17 heavy (non-hydrogen) atoms. The first-order chi connectivity index (χ1) is 8.25. The number of likely N-dealkylation sites (N-methyl/N-ethyl adjacent to an activating group) is 1. The zero-order chi connectivity index (χ0) is 12.1. The number of morpholine rings is 1. The van der Waals surface area contributed by atoms with Gasteiger partial charge in [0.1, 0.15) is 0 Å². The number of hydrogen-bond acceptors (Lipinski definition) is 4. The summed E-state index contributed by atoms with van der Waals surface area (Å²) in [6, 6.07) is 4.07. The van der Waals surface area contributed by atoms with Gasteiger partial charge in [0.2, 0.25) is 5.91 Å². The maximum atomic E-state index is 12.0. The molecule has 0 aliphatic carbocycles. The third-order valence-electron chi connectivity index (χ3n) is 2.86. The average Bonchev–Trinajstić information content (AvgIpc) is 2.83. The van der Waals surface area contributed by atoms with E-state index in [9.17, 15) is 4.79 Å². The molecule has 0 saturated carbocycles. The van der Waals surface area contributed by atoms with Crippen molar-refractivity contribution in [3.8, 4) is 0 Å². The Hall–Kier alpha value is -0.910. The molecule has 94 valence electrons. The highest BCUT2D eigenvalue weighted by atomic mass is 32.1. The summed E-state index contributed by atoms with van der Waals surface area (Å²) >= 11 is 1.69. The highest BCUT2D eigenvalue weighted by molar-refractivity contribution is 7.09. The van der Waals surface area contributed by atoms with E-state index in [1.807, 2.05) is 18.5 Å². The second-order valence-electron chi connectivity index (χ2n) is 4.22. The van der Waals surface area contributed by atoms with Gasteiger partial charge in [-0.05, 0) is 11.4 Å². The van der Waals surface area contributed by atoms with Crippen LogP contribution in [0, 0.1) is 0 Å². The van der Waals surface area contributed by atoms with E-state index in [0.717, 1.165) is 26.3 Å². The van der Waals surface area contributed by atoms with Crippen molar-refractivity contribution < 1.29 is 9.53 Å². The van der Waals surface area contributed by atoms with Crippen LogP contribution in [0.2, 0.25) is 0 Å². The molecule has 0 atom stereocenters. The third-order valence-corrected chi connectivity index (χ3v) is 3.72. The Morgan fingerprint density at radius 1 is 1.53 bits per heavy atom. The van der Waals surface area contributed by atoms with Crippen molar-refractivity contribution in [3.05, 3.63) is 22.4 Å². The van der Waals surface area contributed by atoms with Gasteiger partial charge < -0.3 is 9.64 Å². The van der Waals surface area contributed by atoms with Crippen LogP contribution in [0.1, 0.15) is 4.88 Å². The van der Waals surface area contributed by atoms with Crippen LogP contribution in [0.15, 0.2) is 17.5 Å². The molecule has 0 aromatic carbocycles. The summed E-state index contributed by atoms with van der Waals surface area (Å²) in [5, 5.41) is 2.04. The van der Waals surface area contributed by atoms with Crippen LogP contribution in [-0.2, 0) is 16.1 Å². The van der Waals surface area contributed by atoms with Crippen molar-refractivity contribution in [2.24, 2.45) is 0 Å². The highest BCUT2D eigenvalue weighted by Gasteiger charge is 2.17. The minimum absolute atomic E-state index is 0.181. The number of hydrogen-bond donors (Lipinski definition) is 0. The standard InChI is InChI=1S/C12H18N2O2S/c1-13(9-11-3-2-8-17-11)12(15)10-14-4-6-16-7-5-14/h2-3,8H,4-7,9-10H2,1H3. The predicted molar refractivity (Wildman–Crippen MR) is 68.1 cm³/mol. The minimum Gasteiger partial charge on any atom is -0.379 e. The second-order valence-corrected chi connectivity index (χ2v) is 5.25. The van der Waals surface area contributed by atoms with Crippen LogP contribution in [0.3, 0.4) is 0 Å². The molecule has 1 saturated heterocycles. The van der Waals surface area contributed by atoms with E-state index in [2.05, 4.69) is 11.0 Å². The first-order valence-corrected chi connectivity index (χ1v) is 6.70. The molecule has 0 bridgehead atoms. The van der Waals surface area contributed by atoms with E-state index < -0.39 is 0 Å². The molecule has 1 amide bonds. The fourth-order valence-corrected chi connectivity index (χ4v) is 2.55. The highest BCUT2D eigenvalue weighted by Crippen LogP contribution is 2.11. The second kappa shape index (κ2) is 6.14. The van der Waals surface area contributed by atoms with Crippen LogP contribution in [0.25, 0.3) is 0 Å². The maximum Gasteiger partial charge on any atom is 0.236 e. The third kappa shape index (κ3) is 3.80. The Kier molecular flexibility index (Phi) is 4.53. The van der Waals surface area contributed by atoms with Crippen molar-refractivity contribution >= 4 is 17.2 Å². The SMILES string of the molecule is CN(Cc1cccs1)C(=O)CN1CCOCC1. The Labute approximate surface area is 106 Å². The number of carbonyl (C=O) groups excluding carboxylic acids is 1. The molecule has 1 fully saturated rings. The van der Waals surface area contributed by atoms with Gasteiger partial charge in [0.25, 0.3) is 0 Å². The molecule has 1 aliphatic heterocycles. The lowest BCUT2D eigenvalue weighted by Crippen LogP contribution is -2.43. The number of ether oxygens (including phenoxy) is 1. The summed E-state index contributed by atoms with van der Waals surface area (Å²) in [6.07, 6.45) is 0. The molecule has 1 aliphatic rings. The number of amides is 1. The Bertz CT molecular complexity index is 347. The van der Waals surface area contributed by atoms with Gasteiger partial charge >= 0.3 is 0 Å². The fraction of sp³-hybridized carbons (Fsp3) is 0.583. The van der Waals surface area contributed by atoms with Gasteiger partial charge in [0, 0.05) is 25.0 Å². The van der Waals surface area contributed by atoms with Crippen molar-refractivity contribution in [3.63, 3.8) is 0 Å². The monoisotopic (exact) mass is 254 g/mol. The van der Waals surface area contributed by atoms with Crippen molar-refractivity contribution in [2.45, 2.75) is 6.54 Å². The van der Waals surface area contributed by atoms with Gasteiger partial charge in [-0.25, -0.2) is 0 Å². The van der Waals surface area contributed by atoms with E-state index in [0.29, 0.717) is 13.1 Å². The molecule has 0 radical (unpaired) electrons. The molecule has 2 heterocycles. The van der Waals surface area contributed by atoms with E-state index in [-0.39, 0.29) is 5.91 Å². The summed E-state index contributed by atoms with van der Waals surface area (Å²) in [5.74, 6) is 0.181. The van der Waals surface area contributed by atoms with Gasteiger partial charge in [-0.1, -0.05) is 6.07 Å². The fourth-order valence-electron chi connectivity index (χ4n) is 1.80. The molecule has 1 aromatic heterocycles. The summed E-state index contributed by atoms with van der Waals surface area (Å²) < 4.78 is 5.26. The topological polar surface area (TPSA) is 32.8 Å². The number of rotatable bonds is 4. The van der Waals surface area contributed by atoms with Gasteiger partial charge in [-0.3, -0.25) is 9.69 Å². The first kappa shape index (κ1) is 12.5. The summed E-state index contributed by atoms with van der Waals surface area (Å²) in [4.78, 5) is 17.2. The lowest BCUT2D eigenvalue weighted by molar-refractivity contribution is -0.132. The quantitative estimate of drug-likeness (QED) is 0.805.